The van der Waals surface area contributed by atoms with Gasteiger partial charge in [0.25, 0.3) is 0 Å². The number of benzene rings is 1. The highest BCUT2D eigenvalue weighted by atomic mass is 79.9. The predicted octanol–water partition coefficient (Wildman–Crippen LogP) is 3.40. The predicted molar refractivity (Wildman–Crippen MR) is 86.7 cm³/mol. The second kappa shape index (κ2) is 5.46. The van der Waals surface area contributed by atoms with Gasteiger partial charge >= 0.3 is 0 Å². The van der Waals surface area contributed by atoms with E-state index in [-0.39, 0.29) is 6.04 Å². The molecular weight excluding hydrogens is 338 g/mol. The van der Waals surface area contributed by atoms with E-state index in [0.717, 1.165) is 15.2 Å². The van der Waals surface area contributed by atoms with Crippen LogP contribution in [-0.4, -0.2) is 19.6 Å². The Labute approximate surface area is 130 Å². The summed E-state index contributed by atoms with van der Waals surface area (Å²) in [5, 5.41) is 0. The first-order valence-electron chi connectivity index (χ1n) is 6.17. The molecular formula is C14H14BrN3OS. The van der Waals surface area contributed by atoms with Crippen molar-refractivity contribution in [3.05, 3.63) is 45.1 Å². The first-order valence-corrected chi connectivity index (χ1v) is 7.78. The van der Waals surface area contributed by atoms with E-state index in [0.29, 0.717) is 12.5 Å². The van der Waals surface area contributed by atoms with E-state index in [1.165, 1.54) is 4.88 Å². The number of methoxy groups -OCH3 is 1. The second-order valence-electron chi connectivity index (χ2n) is 4.42. The zero-order valence-corrected chi connectivity index (χ0v) is 13.3. The summed E-state index contributed by atoms with van der Waals surface area (Å²) < 4.78 is 6.31. The molecule has 2 aromatic rings. The molecule has 1 aliphatic rings. The maximum Gasteiger partial charge on any atom is 0.196 e. The van der Waals surface area contributed by atoms with Crippen molar-refractivity contribution in [2.45, 2.75) is 6.04 Å². The van der Waals surface area contributed by atoms with Gasteiger partial charge < -0.3 is 15.4 Å². The molecule has 0 fully saturated rings. The van der Waals surface area contributed by atoms with Gasteiger partial charge in [0.05, 0.1) is 23.5 Å². The van der Waals surface area contributed by atoms with Crippen molar-refractivity contribution in [1.82, 2.24) is 0 Å². The van der Waals surface area contributed by atoms with E-state index in [2.05, 4.69) is 38.0 Å². The highest BCUT2D eigenvalue weighted by Gasteiger charge is 2.29. The Balaban J connectivity index is 1.93. The number of ether oxygens (including phenoxy) is 1. The Bertz CT molecular complexity index is 638. The fourth-order valence-corrected chi connectivity index (χ4v) is 3.78. The molecule has 1 aromatic carbocycles. The lowest BCUT2D eigenvalue weighted by Crippen LogP contribution is -2.35. The maximum atomic E-state index is 6.05. The van der Waals surface area contributed by atoms with Gasteiger partial charge in [0, 0.05) is 10.6 Å². The van der Waals surface area contributed by atoms with Crippen molar-refractivity contribution in [3.8, 4) is 5.75 Å². The zero-order valence-electron chi connectivity index (χ0n) is 10.9. The summed E-state index contributed by atoms with van der Waals surface area (Å²) in [5.41, 5.74) is 7.08. The molecule has 0 aliphatic carbocycles. The summed E-state index contributed by atoms with van der Waals surface area (Å²) in [6, 6.07) is 12.2. The van der Waals surface area contributed by atoms with Crippen molar-refractivity contribution in [2.24, 2.45) is 10.7 Å². The molecule has 1 aromatic heterocycles. The molecule has 1 aliphatic heterocycles. The first-order chi connectivity index (χ1) is 9.69. The lowest BCUT2D eigenvalue weighted by atomic mass is 10.2. The van der Waals surface area contributed by atoms with Crippen molar-refractivity contribution < 1.29 is 4.74 Å². The number of halogens is 1. The van der Waals surface area contributed by atoms with E-state index in [4.69, 9.17) is 10.5 Å². The Kier molecular flexibility index (Phi) is 3.67. The van der Waals surface area contributed by atoms with Crippen LogP contribution in [0.2, 0.25) is 0 Å². The molecule has 0 bridgehead atoms. The van der Waals surface area contributed by atoms with Crippen LogP contribution in [0.4, 0.5) is 5.69 Å². The summed E-state index contributed by atoms with van der Waals surface area (Å²) >= 11 is 5.22. The minimum Gasteiger partial charge on any atom is -0.497 e. The number of thiophene rings is 1. The van der Waals surface area contributed by atoms with Gasteiger partial charge in [-0.15, -0.1) is 11.3 Å². The van der Waals surface area contributed by atoms with Crippen molar-refractivity contribution in [2.75, 3.05) is 18.6 Å². The Morgan fingerprint density at radius 2 is 2.05 bits per heavy atom. The second-order valence-corrected chi connectivity index (χ2v) is 6.92. The van der Waals surface area contributed by atoms with Gasteiger partial charge in [0.1, 0.15) is 5.75 Å². The van der Waals surface area contributed by atoms with Gasteiger partial charge in [-0.3, -0.25) is 4.99 Å². The van der Waals surface area contributed by atoms with E-state index >= 15 is 0 Å². The van der Waals surface area contributed by atoms with Crippen LogP contribution in [0.1, 0.15) is 10.9 Å². The largest absolute Gasteiger partial charge is 0.497 e. The number of nitrogens with zero attached hydrogens (tertiary/aromatic N) is 2. The van der Waals surface area contributed by atoms with Gasteiger partial charge in [-0.25, -0.2) is 0 Å². The van der Waals surface area contributed by atoms with E-state index in [1.807, 2.05) is 24.3 Å². The topological polar surface area (TPSA) is 50.9 Å². The Morgan fingerprint density at radius 1 is 1.30 bits per heavy atom. The number of nitrogens with two attached hydrogens (primary N) is 1. The van der Waals surface area contributed by atoms with Crippen LogP contribution >= 0.6 is 27.3 Å². The molecule has 4 nitrogen and oxygen atoms in total. The molecule has 6 heteroatoms. The number of guanidine groups is 1. The molecule has 0 amide bonds. The lowest BCUT2D eigenvalue weighted by Gasteiger charge is -2.25. The fourth-order valence-electron chi connectivity index (χ4n) is 2.28. The van der Waals surface area contributed by atoms with Gasteiger partial charge in [0.15, 0.2) is 5.96 Å². The zero-order chi connectivity index (χ0) is 14.1. The number of aliphatic imine (C=N–C) groups is 1. The standard InChI is InChI=1S/C14H14BrN3OS/c1-19-10-4-2-9(3-5-10)18-11(8-17-14(18)16)12-6-7-13(15)20-12/h2-7,11H,8H2,1H3,(H2,16,17). The van der Waals surface area contributed by atoms with Gasteiger partial charge in [0.2, 0.25) is 0 Å². The summed E-state index contributed by atoms with van der Waals surface area (Å²) in [5.74, 6) is 1.39. The molecule has 104 valence electrons. The highest BCUT2D eigenvalue weighted by Crippen LogP contribution is 2.36. The van der Waals surface area contributed by atoms with Crippen LogP contribution in [0, 0.1) is 0 Å². The van der Waals surface area contributed by atoms with Crippen LogP contribution in [0.5, 0.6) is 5.75 Å². The molecule has 1 unspecified atom stereocenters. The van der Waals surface area contributed by atoms with Crippen molar-refractivity contribution in [1.29, 1.82) is 0 Å². The minimum atomic E-state index is 0.166. The quantitative estimate of drug-likeness (QED) is 0.921. The van der Waals surface area contributed by atoms with E-state index < -0.39 is 0 Å². The third-order valence-electron chi connectivity index (χ3n) is 3.26. The number of rotatable bonds is 3. The molecule has 0 radical (unpaired) electrons. The maximum absolute atomic E-state index is 6.05. The Morgan fingerprint density at radius 3 is 2.65 bits per heavy atom. The summed E-state index contributed by atoms with van der Waals surface area (Å²) in [7, 11) is 1.66. The lowest BCUT2D eigenvalue weighted by molar-refractivity contribution is 0.415. The third kappa shape index (κ3) is 2.41. The van der Waals surface area contributed by atoms with E-state index in [9.17, 15) is 0 Å². The monoisotopic (exact) mass is 351 g/mol. The third-order valence-corrected chi connectivity index (χ3v) is 4.98. The first kappa shape index (κ1) is 13.5. The molecule has 2 N–H and O–H groups in total. The van der Waals surface area contributed by atoms with E-state index in [1.54, 1.807) is 18.4 Å². The summed E-state index contributed by atoms with van der Waals surface area (Å²) in [4.78, 5) is 7.70. The molecule has 1 atom stereocenters. The van der Waals surface area contributed by atoms with Gasteiger partial charge in [-0.05, 0) is 52.3 Å². The number of hydrogen-bond donors (Lipinski definition) is 1. The van der Waals surface area contributed by atoms with Crippen LogP contribution < -0.4 is 15.4 Å². The normalized spacial score (nSPS) is 18.2. The minimum absolute atomic E-state index is 0.166. The van der Waals surface area contributed by atoms with Crippen LogP contribution in [0.3, 0.4) is 0 Å². The van der Waals surface area contributed by atoms with Crippen LogP contribution in [-0.2, 0) is 0 Å². The fraction of sp³-hybridized carbons (Fsp3) is 0.214. The van der Waals surface area contributed by atoms with Crippen molar-refractivity contribution >= 4 is 38.9 Å². The number of hydrogen-bond acceptors (Lipinski definition) is 5. The molecule has 0 saturated carbocycles. The number of anilines is 1. The molecule has 3 rings (SSSR count). The molecule has 20 heavy (non-hydrogen) atoms. The summed E-state index contributed by atoms with van der Waals surface area (Å²) in [6.07, 6.45) is 0. The molecule has 0 spiro atoms. The SMILES string of the molecule is COc1ccc(N2C(N)=NCC2c2ccc(Br)s2)cc1. The van der Waals surface area contributed by atoms with Crippen molar-refractivity contribution in [3.63, 3.8) is 0 Å². The molecule has 0 saturated heterocycles. The molecule has 2 heterocycles. The van der Waals surface area contributed by atoms with Crippen LogP contribution in [0.15, 0.2) is 45.2 Å². The summed E-state index contributed by atoms with van der Waals surface area (Å²) in [6.45, 7) is 0.685. The average Bonchev–Trinajstić information content (AvgIpc) is 3.05. The average molecular weight is 352 g/mol. The van der Waals surface area contributed by atoms with Gasteiger partial charge in [-0.1, -0.05) is 0 Å². The van der Waals surface area contributed by atoms with Crippen LogP contribution in [0.25, 0.3) is 0 Å². The smallest absolute Gasteiger partial charge is 0.196 e. The highest BCUT2D eigenvalue weighted by molar-refractivity contribution is 9.11. The van der Waals surface area contributed by atoms with Gasteiger partial charge in [-0.2, -0.15) is 0 Å². The Hall–Kier alpha value is -1.53.